The monoisotopic (exact) mass is 1020 g/mol. The predicted molar refractivity (Wildman–Crippen MR) is 304 cm³/mol. The van der Waals surface area contributed by atoms with E-state index in [1.165, 1.54) is 270 Å². The molecule has 1 aliphatic heterocycles. The summed E-state index contributed by atoms with van der Waals surface area (Å²) in [6.45, 7) is 3.80. The van der Waals surface area contributed by atoms with Gasteiger partial charge in [-0.2, -0.15) is 0 Å². The zero-order valence-corrected chi connectivity index (χ0v) is 47.7. The molecule has 1 amide bonds. The Morgan fingerprint density at radius 3 is 1.08 bits per heavy atom. The second kappa shape index (κ2) is 53.3. The fraction of sp³-hybridized carbons (Fsp3) is 0.952. The van der Waals surface area contributed by atoms with Gasteiger partial charge in [0.2, 0.25) is 5.91 Å². The van der Waals surface area contributed by atoms with Crippen LogP contribution in [0, 0.1) is 0 Å². The fourth-order valence-electron chi connectivity index (χ4n) is 10.6. The van der Waals surface area contributed by atoms with Gasteiger partial charge in [-0.25, -0.2) is 0 Å². The van der Waals surface area contributed by atoms with Crippen LogP contribution < -0.4 is 5.32 Å². The maximum Gasteiger partial charge on any atom is 0.220 e. The largest absolute Gasteiger partial charge is 0.394 e. The predicted octanol–water partition coefficient (Wildman–Crippen LogP) is 16.4. The van der Waals surface area contributed by atoms with E-state index in [0.717, 1.165) is 38.5 Å². The van der Waals surface area contributed by atoms with Crippen LogP contribution in [0.2, 0.25) is 0 Å². The van der Waals surface area contributed by atoms with Crippen LogP contribution in [0.15, 0.2) is 12.2 Å². The molecule has 0 radical (unpaired) electrons. The molecule has 0 spiro atoms. The van der Waals surface area contributed by atoms with E-state index in [0.29, 0.717) is 6.42 Å². The third kappa shape index (κ3) is 42.1. The van der Waals surface area contributed by atoms with E-state index >= 15 is 0 Å². The van der Waals surface area contributed by atoms with Gasteiger partial charge in [0, 0.05) is 6.42 Å². The first-order valence-electron chi connectivity index (χ1n) is 31.9. The van der Waals surface area contributed by atoms with Crippen LogP contribution in [-0.2, 0) is 14.3 Å². The Morgan fingerprint density at radius 2 is 0.764 bits per heavy atom. The van der Waals surface area contributed by atoms with Crippen LogP contribution in [0.1, 0.15) is 328 Å². The molecule has 9 nitrogen and oxygen atoms in total. The first-order valence-corrected chi connectivity index (χ1v) is 31.9. The molecule has 0 aromatic heterocycles. The molecule has 72 heavy (non-hydrogen) atoms. The average molecular weight is 1020 g/mol. The number of amides is 1. The second-order valence-corrected chi connectivity index (χ2v) is 22.6. The zero-order valence-electron chi connectivity index (χ0n) is 47.7. The quantitative estimate of drug-likeness (QED) is 0.0261. The highest BCUT2D eigenvalue weighted by molar-refractivity contribution is 5.76. The normalized spacial score (nSPS) is 19.1. The molecule has 1 saturated heterocycles. The summed E-state index contributed by atoms with van der Waals surface area (Å²) in [5, 5.41) is 54.4. The van der Waals surface area contributed by atoms with Crippen LogP contribution >= 0.6 is 0 Å². The third-order valence-electron chi connectivity index (χ3n) is 15.6. The fourth-order valence-corrected chi connectivity index (χ4v) is 10.6. The van der Waals surface area contributed by atoms with Gasteiger partial charge in [-0.1, -0.05) is 315 Å². The summed E-state index contributed by atoms with van der Waals surface area (Å²) in [4.78, 5) is 13.0. The van der Waals surface area contributed by atoms with Crippen molar-refractivity contribution in [3.8, 4) is 0 Å². The molecule has 0 saturated carbocycles. The minimum Gasteiger partial charge on any atom is -0.394 e. The molecule has 1 heterocycles. The van der Waals surface area contributed by atoms with Crippen LogP contribution in [0.25, 0.3) is 0 Å². The van der Waals surface area contributed by atoms with Crippen LogP contribution in [-0.4, -0.2) is 87.5 Å². The van der Waals surface area contributed by atoms with Crippen molar-refractivity contribution in [3.63, 3.8) is 0 Å². The molecule has 0 aromatic rings. The minimum absolute atomic E-state index is 0.171. The van der Waals surface area contributed by atoms with E-state index < -0.39 is 49.5 Å². The molecule has 1 aliphatic rings. The Labute approximate surface area is 446 Å². The average Bonchev–Trinajstić information content (AvgIpc) is 3.38. The molecular formula is C63H123NO8. The summed E-state index contributed by atoms with van der Waals surface area (Å²) in [6.07, 6.45) is 60.5. The SMILES string of the molecule is CCCCCCCCCCCC/C=C/C(O)C(COC1OC(CO)C(O)C(O)C1O)NC(=O)CCCCCCCCCCCCCCCCCCCCCCCCCCCCCCCCCCCCCCC. The van der Waals surface area contributed by atoms with Crippen molar-refractivity contribution < 1.29 is 39.8 Å². The van der Waals surface area contributed by atoms with Crippen LogP contribution in [0.5, 0.6) is 0 Å². The minimum atomic E-state index is -1.56. The maximum atomic E-state index is 13.0. The first-order chi connectivity index (χ1) is 35.3. The van der Waals surface area contributed by atoms with Gasteiger partial charge in [-0.05, 0) is 19.3 Å². The van der Waals surface area contributed by atoms with E-state index in [1.54, 1.807) is 6.08 Å². The number of aliphatic hydroxyl groups excluding tert-OH is 5. The number of aliphatic hydroxyl groups is 5. The van der Waals surface area contributed by atoms with Gasteiger partial charge in [0.25, 0.3) is 0 Å². The lowest BCUT2D eigenvalue weighted by molar-refractivity contribution is -0.302. The molecule has 428 valence electrons. The third-order valence-corrected chi connectivity index (χ3v) is 15.6. The highest BCUT2D eigenvalue weighted by Crippen LogP contribution is 2.23. The summed E-state index contributed by atoms with van der Waals surface area (Å²) in [5.74, 6) is -0.171. The van der Waals surface area contributed by atoms with Gasteiger partial charge in [-0.15, -0.1) is 0 Å². The highest BCUT2D eigenvalue weighted by Gasteiger charge is 2.44. The van der Waals surface area contributed by atoms with E-state index in [-0.39, 0.29) is 12.5 Å². The molecule has 7 atom stereocenters. The zero-order chi connectivity index (χ0) is 52.2. The molecule has 6 N–H and O–H groups in total. The number of nitrogens with one attached hydrogen (secondary N) is 1. The van der Waals surface area contributed by atoms with Crippen molar-refractivity contribution in [1.82, 2.24) is 5.32 Å². The van der Waals surface area contributed by atoms with E-state index in [9.17, 15) is 30.3 Å². The van der Waals surface area contributed by atoms with Gasteiger partial charge in [0.05, 0.1) is 25.4 Å². The number of allylic oxidation sites excluding steroid dienone is 1. The van der Waals surface area contributed by atoms with Crippen molar-refractivity contribution in [2.45, 2.75) is 371 Å². The number of rotatable bonds is 56. The summed E-state index contributed by atoms with van der Waals surface area (Å²) in [7, 11) is 0. The lowest BCUT2D eigenvalue weighted by atomic mass is 9.99. The number of unbranched alkanes of at least 4 members (excludes halogenated alkanes) is 46. The van der Waals surface area contributed by atoms with E-state index in [4.69, 9.17) is 9.47 Å². The molecule has 1 fully saturated rings. The number of ether oxygens (including phenoxy) is 2. The van der Waals surface area contributed by atoms with Gasteiger partial charge >= 0.3 is 0 Å². The van der Waals surface area contributed by atoms with Gasteiger partial charge in [0.1, 0.15) is 24.4 Å². The molecule has 1 rings (SSSR count). The van der Waals surface area contributed by atoms with Crippen LogP contribution in [0.4, 0.5) is 0 Å². The van der Waals surface area contributed by atoms with Crippen molar-refractivity contribution >= 4 is 5.91 Å². The Hall–Kier alpha value is -1.07. The van der Waals surface area contributed by atoms with Crippen LogP contribution in [0.3, 0.4) is 0 Å². The second-order valence-electron chi connectivity index (χ2n) is 22.6. The lowest BCUT2D eigenvalue weighted by Crippen LogP contribution is -2.60. The Kier molecular flexibility index (Phi) is 51.1. The number of hydrogen-bond acceptors (Lipinski definition) is 8. The Balaban J connectivity index is 2.01. The molecule has 7 unspecified atom stereocenters. The van der Waals surface area contributed by atoms with Crippen molar-refractivity contribution in [3.05, 3.63) is 12.2 Å². The summed E-state index contributed by atoms with van der Waals surface area (Å²) < 4.78 is 11.3. The van der Waals surface area contributed by atoms with Crippen molar-refractivity contribution in [1.29, 1.82) is 0 Å². The van der Waals surface area contributed by atoms with Gasteiger partial charge < -0.3 is 40.3 Å². The summed E-state index contributed by atoms with van der Waals surface area (Å²) >= 11 is 0. The summed E-state index contributed by atoms with van der Waals surface area (Å²) in [6, 6.07) is -0.799. The van der Waals surface area contributed by atoms with Gasteiger partial charge in [-0.3, -0.25) is 4.79 Å². The molecular weight excluding hydrogens is 899 g/mol. The Bertz CT molecular complexity index is 1140. The smallest absolute Gasteiger partial charge is 0.220 e. The first kappa shape index (κ1) is 68.9. The van der Waals surface area contributed by atoms with Gasteiger partial charge in [0.15, 0.2) is 6.29 Å². The summed E-state index contributed by atoms with van der Waals surface area (Å²) in [5.41, 5.74) is 0. The number of carbonyl (C=O) groups is 1. The highest BCUT2D eigenvalue weighted by atomic mass is 16.7. The topological polar surface area (TPSA) is 149 Å². The molecule has 0 aromatic carbocycles. The number of hydrogen-bond donors (Lipinski definition) is 6. The molecule has 0 bridgehead atoms. The standard InChI is InChI=1S/C63H123NO8/c1-3-5-7-9-11-13-15-17-18-19-20-21-22-23-24-25-26-27-28-29-30-31-32-33-34-35-36-37-38-39-40-41-43-45-47-49-51-53-59(67)64-56(55-71-63-62(70)61(69)60(68)58(54-65)72-63)57(66)52-50-48-46-44-42-16-14-12-10-8-6-4-2/h50,52,56-58,60-63,65-66,68-70H,3-49,51,53-55H2,1-2H3,(H,64,67)/b52-50+. The molecule has 9 heteroatoms. The maximum absolute atomic E-state index is 13.0. The molecule has 0 aliphatic carbocycles. The van der Waals surface area contributed by atoms with E-state index in [1.807, 2.05) is 6.08 Å². The van der Waals surface area contributed by atoms with Crippen molar-refractivity contribution in [2.75, 3.05) is 13.2 Å². The number of carbonyl (C=O) groups excluding carboxylic acids is 1. The Morgan fingerprint density at radius 1 is 0.458 bits per heavy atom. The van der Waals surface area contributed by atoms with E-state index in [2.05, 4.69) is 19.2 Å². The van der Waals surface area contributed by atoms with Crippen molar-refractivity contribution in [2.24, 2.45) is 0 Å². The lowest BCUT2D eigenvalue weighted by Gasteiger charge is -2.40.